The smallest absolute Gasteiger partial charge is 0.234 e. The van der Waals surface area contributed by atoms with Crippen molar-refractivity contribution in [2.75, 3.05) is 12.4 Å². The fourth-order valence-corrected chi connectivity index (χ4v) is 1.56. The number of hydrogen-bond donors (Lipinski definition) is 1. The number of alkyl halides is 1. The lowest BCUT2D eigenvalue weighted by molar-refractivity contribution is -0.118. The van der Waals surface area contributed by atoms with Gasteiger partial charge in [0, 0.05) is 6.54 Å². The van der Waals surface area contributed by atoms with Gasteiger partial charge < -0.3 is 5.32 Å². The highest BCUT2D eigenvalue weighted by atomic mass is 35.5. The summed E-state index contributed by atoms with van der Waals surface area (Å²) in [6.07, 6.45) is 0.848. The number of carbonyl (C=O) groups excluding carboxylic acids is 1. The predicted octanol–water partition coefficient (Wildman–Crippen LogP) is 2.71. The van der Waals surface area contributed by atoms with E-state index in [1.54, 1.807) is 0 Å². The molecule has 0 atom stereocenters. The first-order chi connectivity index (χ1) is 7.63. The molecule has 0 fully saturated rings. The van der Waals surface area contributed by atoms with E-state index in [9.17, 15) is 4.79 Å². The lowest BCUT2D eigenvalue weighted by atomic mass is 10.0. The van der Waals surface area contributed by atoms with Gasteiger partial charge in [-0.1, -0.05) is 38.1 Å². The molecule has 0 bridgehead atoms. The minimum absolute atomic E-state index is 0.0340. The standard InChI is InChI=1S/C13H18ClNO/c1-10(2)12-5-3-11(4-6-12)7-8-15-13(16)9-14/h3-6,10H,7-9H2,1-2H3,(H,15,16). The summed E-state index contributed by atoms with van der Waals surface area (Å²) < 4.78 is 0. The molecule has 0 unspecified atom stereocenters. The van der Waals surface area contributed by atoms with Crippen LogP contribution >= 0.6 is 11.6 Å². The van der Waals surface area contributed by atoms with Crippen LogP contribution in [-0.2, 0) is 11.2 Å². The first kappa shape index (κ1) is 13.0. The van der Waals surface area contributed by atoms with E-state index in [0.29, 0.717) is 12.5 Å². The first-order valence-corrected chi connectivity index (χ1v) is 6.08. The van der Waals surface area contributed by atoms with Gasteiger partial charge in [-0.3, -0.25) is 4.79 Å². The van der Waals surface area contributed by atoms with Crippen LogP contribution in [-0.4, -0.2) is 18.3 Å². The lowest BCUT2D eigenvalue weighted by Gasteiger charge is -2.07. The highest BCUT2D eigenvalue weighted by molar-refractivity contribution is 6.27. The zero-order valence-corrected chi connectivity index (χ0v) is 10.6. The van der Waals surface area contributed by atoms with E-state index >= 15 is 0 Å². The second kappa shape index (κ2) is 6.54. The molecule has 0 saturated heterocycles. The molecule has 0 aliphatic carbocycles. The zero-order valence-electron chi connectivity index (χ0n) is 9.79. The average Bonchev–Trinajstić information content (AvgIpc) is 2.29. The van der Waals surface area contributed by atoms with Crippen LogP contribution in [0.1, 0.15) is 30.9 Å². The van der Waals surface area contributed by atoms with Gasteiger partial charge in [0.05, 0.1) is 0 Å². The van der Waals surface area contributed by atoms with Crippen LogP contribution in [0, 0.1) is 0 Å². The normalized spacial score (nSPS) is 10.5. The Balaban J connectivity index is 2.40. The van der Waals surface area contributed by atoms with E-state index in [4.69, 9.17) is 11.6 Å². The van der Waals surface area contributed by atoms with Crippen molar-refractivity contribution >= 4 is 17.5 Å². The number of amides is 1. The molecular formula is C13H18ClNO. The number of halogens is 1. The molecule has 0 heterocycles. The summed E-state index contributed by atoms with van der Waals surface area (Å²) in [5.74, 6) is 0.484. The summed E-state index contributed by atoms with van der Waals surface area (Å²) in [5, 5.41) is 2.75. The van der Waals surface area contributed by atoms with Crippen molar-refractivity contribution in [2.45, 2.75) is 26.2 Å². The maximum absolute atomic E-state index is 10.9. The van der Waals surface area contributed by atoms with E-state index in [2.05, 4.69) is 43.4 Å². The Hall–Kier alpha value is -1.02. The molecule has 1 rings (SSSR count). The molecule has 88 valence electrons. The lowest BCUT2D eigenvalue weighted by Crippen LogP contribution is -2.26. The SMILES string of the molecule is CC(C)c1ccc(CCNC(=O)CCl)cc1. The van der Waals surface area contributed by atoms with Gasteiger partial charge in [0.1, 0.15) is 5.88 Å². The van der Waals surface area contributed by atoms with Gasteiger partial charge in [0.15, 0.2) is 0 Å². The number of hydrogen-bond acceptors (Lipinski definition) is 1. The summed E-state index contributed by atoms with van der Waals surface area (Å²) in [4.78, 5) is 10.9. The monoisotopic (exact) mass is 239 g/mol. The average molecular weight is 240 g/mol. The topological polar surface area (TPSA) is 29.1 Å². The van der Waals surface area contributed by atoms with E-state index in [0.717, 1.165) is 6.42 Å². The van der Waals surface area contributed by atoms with Gasteiger partial charge in [0.25, 0.3) is 0 Å². The van der Waals surface area contributed by atoms with Gasteiger partial charge in [-0.15, -0.1) is 11.6 Å². The van der Waals surface area contributed by atoms with Crippen LogP contribution in [0.5, 0.6) is 0 Å². The predicted molar refractivity (Wildman–Crippen MR) is 68.0 cm³/mol. The van der Waals surface area contributed by atoms with Gasteiger partial charge in [-0.25, -0.2) is 0 Å². The van der Waals surface area contributed by atoms with Crippen molar-refractivity contribution in [3.63, 3.8) is 0 Å². The van der Waals surface area contributed by atoms with Gasteiger partial charge in [-0.2, -0.15) is 0 Å². The Morgan fingerprint density at radius 3 is 2.44 bits per heavy atom. The molecule has 1 aromatic rings. The molecule has 0 aliphatic rings. The summed E-state index contributed by atoms with van der Waals surface area (Å²) in [6.45, 7) is 5.00. The van der Waals surface area contributed by atoms with Crippen LogP contribution in [0.3, 0.4) is 0 Å². The molecule has 0 saturated carbocycles. The summed E-state index contributed by atoms with van der Waals surface area (Å²) in [7, 11) is 0. The van der Waals surface area contributed by atoms with Gasteiger partial charge in [0.2, 0.25) is 5.91 Å². The first-order valence-electron chi connectivity index (χ1n) is 5.55. The third kappa shape index (κ3) is 4.23. The largest absolute Gasteiger partial charge is 0.355 e. The molecule has 1 amide bonds. The second-order valence-corrected chi connectivity index (χ2v) is 4.40. The third-order valence-electron chi connectivity index (χ3n) is 2.50. The van der Waals surface area contributed by atoms with E-state index in [1.807, 2.05) is 0 Å². The maximum Gasteiger partial charge on any atom is 0.234 e. The van der Waals surface area contributed by atoms with Crippen molar-refractivity contribution in [1.82, 2.24) is 5.32 Å². The van der Waals surface area contributed by atoms with Gasteiger partial charge >= 0.3 is 0 Å². The molecule has 0 aromatic heterocycles. The van der Waals surface area contributed by atoms with Crippen LogP contribution in [0.25, 0.3) is 0 Å². The van der Waals surface area contributed by atoms with E-state index in [1.165, 1.54) is 11.1 Å². The number of rotatable bonds is 5. The minimum Gasteiger partial charge on any atom is -0.355 e. The van der Waals surface area contributed by atoms with Crippen molar-refractivity contribution in [1.29, 1.82) is 0 Å². The van der Waals surface area contributed by atoms with E-state index in [-0.39, 0.29) is 11.8 Å². The number of nitrogens with one attached hydrogen (secondary N) is 1. The summed E-state index contributed by atoms with van der Waals surface area (Å²) in [6, 6.07) is 8.51. The summed E-state index contributed by atoms with van der Waals surface area (Å²) in [5.41, 5.74) is 2.58. The quantitative estimate of drug-likeness (QED) is 0.787. The Morgan fingerprint density at radius 1 is 1.31 bits per heavy atom. The third-order valence-corrected chi connectivity index (χ3v) is 2.75. The van der Waals surface area contributed by atoms with Crippen LogP contribution < -0.4 is 5.32 Å². The molecule has 1 aromatic carbocycles. The Kier molecular flexibility index (Phi) is 5.33. The minimum atomic E-state index is -0.111. The fraction of sp³-hybridized carbons (Fsp3) is 0.462. The molecule has 1 N–H and O–H groups in total. The molecule has 16 heavy (non-hydrogen) atoms. The molecule has 2 nitrogen and oxygen atoms in total. The highest BCUT2D eigenvalue weighted by Crippen LogP contribution is 2.14. The van der Waals surface area contributed by atoms with Crippen molar-refractivity contribution in [3.05, 3.63) is 35.4 Å². The number of benzene rings is 1. The summed E-state index contributed by atoms with van der Waals surface area (Å²) >= 11 is 5.38. The number of carbonyl (C=O) groups is 1. The van der Waals surface area contributed by atoms with Crippen LogP contribution in [0.4, 0.5) is 0 Å². The van der Waals surface area contributed by atoms with Crippen molar-refractivity contribution < 1.29 is 4.79 Å². The fourth-order valence-electron chi connectivity index (χ4n) is 1.46. The highest BCUT2D eigenvalue weighted by Gasteiger charge is 2.00. The molecular weight excluding hydrogens is 222 g/mol. The molecule has 3 heteroatoms. The van der Waals surface area contributed by atoms with Crippen LogP contribution in [0.15, 0.2) is 24.3 Å². The van der Waals surface area contributed by atoms with Crippen LogP contribution in [0.2, 0.25) is 0 Å². The Labute approximate surface area is 102 Å². The molecule has 0 radical (unpaired) electrons. The molecule has 0 spiro atoms. The maximum atomic E-state index is 10.9. The molecule has 0 aliphatic heterocycles. The van der Waals surface area contributed by atoms with E-state index < -0.39 is 0 Å². The Bertz CT molecular complexity index is 332. The van der Waals surface area contributed by atoms with Crippen molar-refractivity contribution in [2.24, 2.45) is 0 Å². The van der Waals surface area contributed by atoms with Crippen molar-refractivity contribution in [3.8, 4) is 0 Å². The zero-order chi connectivity index (χ0) is 12.0. The second-order valence-electron chi connectivity index (χ2n) is 4.13. The Morgan fingerprint density at radius 2 is 1.94 bits per heavy atom. The van der Waals surface area contributed by atoms with Gasteiger partial charge in [-0.05, 0) is 23.5 Å².